The topological polar surface area (TPSA) is 72.2 Å². The fourth-order valence-corrected chi connectivity index (χ4v) is 3.06. The first-order chi connectivity index (χ1) is 8.04. The van der Waals surface area contributed by atoms with Crippen molar-refractivity contribution in [3.8, 4) is 0 Å². The summed E-state index contributed by atoms with van der Waals surface area (Å²) in [6, 6.07) is 4.18. The average Bonchev–Trinajstić information content (AvgIpc) is 2.19. The molecular formula is C12H19ClN2O2S. The number of halogens is 1. The lowest BCUT2D eigenvalue weighted by Crippen LogP contribution is -2.41. The molecule has 1 unspecified atom stereocenters. The van der Waals surface area contributed by atoms with Gasteiger partial charge in [0.2, 0.25) is 10.0 Å². The Morgan fingerprint density at radius 2 is 1.89 bits per heavy atom. The molecule has 6 heteroatoms. The van der Waals surface area contributed by atoms with Crippen LogP contribution in [0.25, 0.3) is 0 Å². The van der Waals surface area contributed by atoms with Gasteiger partial charge in [-0.05, 0) is 30.5 Å². The molecule has 0 aromatic heterocycles. The number of nitrogens with one attached hydrogen (secondary N) is 1. The van der Waals surface area contributed by atoms with Crippen LogP contribution in [0, 0.1) is 5.41 Å². The normalized spacial score (nSPS) is 14.5. The Morgan fingerprint density at radius 1 is 1.33 bits per heavy atom. The van der Waals surface area contributed by atoms with Crippen LogP contribution in [-0.2, 0) is 10.0 Å². The molecule has 0 aliphatic rings. The molecule has 0 saturated heterocycles. The number of hydrogen-bond donors (Lipinski definition) is 2. The van der Waals surface area contributed by atoms with Crippen molar-refractivity contribution in [1.82, 2.24) is 4.72 Å². The molecule has 0 bridgehead atoms. The van der Waals surface area contributed by atoms with Gasteiger partial charge in [-0.1, -0.05) is 32.4 Å². The number of nitrogen functional groups attached to an aromatic ring is 1. The van der Waals surface area contributed by atoms with Crippen molar-refractivity contribution in [1.29, 1.82) is 0 Å². The molecule has 0 spiro atoms. The molecule has 102 valence electrons. The van der Waals surface area contributed by atoms with Crippen LogP contribution in [0.4, 0.5) is 5.69 Å². The number of anilines is 1. The third-order valence-corrected chi connectivity index (χ3v) is 4.73. The van der Waals surface area contributed by atoms with Gasteiger partial charge in [0.1, 0.15) is 4.90 Å². The predicted octanol–water partition coefficient (Wildman–Crippen LogP) is 2.64. The van der Waals surface area contributed by atoms with Crippen molar-refractivity contribution in [3.63, 3.8) is 0 Å². The summed E-state index contributed by atoms with van der Waals surface area (Å²) in [7, 11) is -3.66. The second-order valence-corrected chi connectivity index (χ2v) is 7.51. The largest absolute Gasteiger partial charge is 0.398 e. The summed E-state index contributed by atoms with van der Waals surface area (Å²) in [5.41, 5.74) is 5.69. The van der Waals surface area contributed by atoms with E-state index in [4.69, 9.17) is 17.3 Å². The van der Waals surface area contributed by atoms with Crippen molar-refractivity contribution in [2.75, 3.05) is 5.73 Å². The minimum Gasteiger partial charge on any atom is -0.398 e. The van der Waals surface area contributed by atoms with Crippen LogP contribution in [0.3, 0.4) is 0 Å². The molecule has 0 saturated carbocycles. The maximum atomic E-state index is 12.2. The molecule has 3 N–H and O–H groups in total. The van der Waals surface area contributed by atoms with Crippen LogP contribution in [0.15, 0.2) is 23.1 Å². The Kier molecular flexibility index (Phi) is 4.30. The van der Waals surface area contributed by atoms with Gasteiger partial charge in [0, 0.05) is 11.1 Å². The number of benzene rings is 1. The zero-order chi connectivity index (χ0) is 14.1. The summed E-state index contributed by atoms with van der Waals surface area (Å²) in [5.74, 6) is 0. The van der Waals surface area contributed by atoms with Crippen LogP contribution in [-0.4, -0.2) is 14.5 Å². The highest BCUT2D eigenvalue weighted by Crippen LogP contribution is 2.25. The van der Waals surface area contributed by atoms with Gasteiger partial charge < -0.3 is 5.73 Å². The van der Waals surface area contributed by atoms with Crippen molar-refractivity contribution < 1.29 is 8.42 Å². The Bertz CT molecular complexity index is 535. The van der Waals surface area contributed by atoms with Gasteiger partial charge in [-0.15, -0.1) is 0 Å². The molecule has 0 fully saturated rings. The van der Waals surface area contributed by atoms with Gasteiger partial charge in [-0.25, -0.2) is 13.1 Å². The van der Waals surface area contributed by atoms with Crippen LogP contribution in [0.2, 0.25) is 5.02 Å². The number of hydrogen-bond acceptors (Lipinski definition) is 3. The summed E-state index contributed by atoms with van der Waals surface area (Å²) in [6.45, 7) is 7.70. The molecule has 1 atom stereocenters. The fraction of sp³-hybridized carbons (Fsp3) is 0.500. The zero-order valence-corrected chi connectivity index (χ0v) is 12.6. The van der Waals surface area contributed by atoms with Gasteiger partial charge in [-0.2, -0.15) is 0 Å². The zero-order valence-electron chi connectivity index (χ0n) is 11.0. The molecule has 1 aromatic carbocycles. The monoisotopic (exact) mass is 290 g/mol. The lowest BCUT2D eigenvalue weighted by molar-refractivity contribution is 0.317. The average molecular weight is 291 g/mol. The van der Waals surface area contributed by atoms with Crippen LogP contribution < -0.4 is 10.5 Å². The van der Waals surface area contributed by atoms with Crippen LogP contribution in [0.5, 0.6) is 0 Å². The van der Waals surface area contributed by atoms with E-state index in [9.17, 15) is 8.42 Å². The van der Waals surface area contributed by atoms with E-state index in [1.807, 2.05) is 27.7 Å². The molecule has 1 rings (SSSR count). The first kappa shape index (κ1) is 15.3. The van der Waals surface area contributed by atoms with Gasteiger partial charge in [0.25, 0.3) is 0 Å². The van der Waals surface area contributed by atoms with Crippen molar-refractivity contribution in [2.24, 2.45) is 5.41 Å². The van der Waals surface area contributed by atoms with Gasteiger partial charge in [0.15, 0.2) is 0 Å². The Morgan fingerprint density at radius 3 is 2.39 bits per heavy atom. The van der Waals surface area contributed by atoms with E-state index in [-0.39, 0.29) is 22.0 Å². The maximum absolute atomic E-state index is 12.2. The highest BCUT2D eigenvalue weighted by molar-refractivity contribution is 7.89. The Balaban J connectivity index is 3.11. The molecule has 4 nitrogen and oxygen atoms in total. The predicted molar refractivity (Wildman–Crippen MR) is 75.1 cm³/mol. The Labute approximate surface area is 114 Å². The first-order valence-corrected chi connectivity index (χ1v) is 7.47. The maximum Gasteiger partial charge on any atom is 0.242 e. The van der Waals surface area contributed by atoms with Crippen molar-refractivity contribution in [2.45, 2.75) is 38.6 Å². The third-order valence-electron chi connectivity index (χ3n) is 2.90. The highest BCUT2D eigenvalue weighted by atomic mass is 35.5. The van der Waals surface area contributed by atoms with E-state index in [0.717, 1.165) is 0 Å². The second kappa shape index (κ2) is 5.07. The standard InChI is InChI=1S/C12H19ClN2O2S/c1-8(12(2,3)4)15-18(16,17)11-7-9(13)5-6-10(11)14/h5-8,15H,14H2,1-4H3. The lowest BCUT2D eigenvalue weighted by atomic mass is 9.89. The summed E-state index contributed by atoms with van der Waals surface area (Å²) in [4.78, 5) is 0.0195. The summed E-state index contributed by atoms with van der Waals surface area (Å²) in [6.07, 6.45) is 0. The van der Waals surface area contributed by atoms with Gasteiger partial charge in [0.05, 0.1) is 5.69 Å². The van der Waals surface area contributed by atoms with E-state index in [0.29, 0.717) is 5.02 Å². The second-order valence-electron chi connectivity index (χ2n) is 5.39. The third kappa shape index (κ3) is 3.60. The SMILES string of the molecule is CC(NS(=O)(=O)c1cc(Cl)ccc1N)C(C)(C)C. The van der Waals surface area contributed by atoms with Crippen molar-refractivity contribution in [3.05, 3.63) is 23.2 Å². The quantitative estimate of drug-likeness (QED) is 0.841. The molecule has 0 radical (unpaired) electrons. The van der Waals surface area contributed by atoms with Gasteiger partial charge >= 0.3 is 0 Å². The van der Waals surface area contributed by atoms with Gasteiger partial charge in [-0.3, -0.25) is 0 Å². The van der Waals surface area contributed by atoms with E-state index >= 15 is 0 Å². The minimum atomic E-state index is -3.66. The van der Waals surface area contributed by atoms with E-state index in [2.05, 4.69) is 4.72 Å². The van der Waals surface area contributed by atoms with Crippen LogP contribution in [0.1, 0.15) is 27.7 Å². The van der Waals surface area contributed by atoms with E-state index in [1.54, 1.807) is 6.07 Å². The molecule has 0 aliphatic heterocycles. The Hall–Kier alpha value is -0.780. The number of nitrogens with two attached hydrogens (primary N) is 1. The summed E-state index contributed by atoms with van der Waals surface area (Å²) < 4.78 is 27.0. The van der Waals surface area contributed by atoms with Crippen LogP contribution >= 0.6 is 11.6 Å². The highest BCUT2D eigenvalue weighted by Gasteiger charge is 2.27. The van der Waals surface area contributed by atoms with Crippen molar-refractivity contribution >= 4 is 27.3 Å². The molecule has 0 aliphatic carbocycles. The molecule has 1 aromatic rings. The summed E-state index contributed by atoms with van der Waals surface area (Å²) >= 11 is 5.80. The molecule has 0 heterocycles. The van der Waals surface area contributed by atoms with E-state index in [1.165, 1.54) is 12.1 Å². The molecule has 0 amide bonds. The smallest absolute Gasteiger partial charge is 0.242 e. The number of sulfonamides is 1. The number of rotatable bonds is 3. The summed E-state index contributed by atoms with van der Waals surface area (Å²) in [5, 5.41) is 0.341. The molecular weight excluding hydrogens is 272 g/mol. The minimum absolute atomic E-state index is 0.0195. The fourth-order valence-electron chi connectivity index (χ4n) is 1.21. The lowest BCUT2D eigenvalue weighted by Gasteiger charge is -2.28. The molecule has 18 heavy (non-hydrogen) atoms. The van der Waals surface area contributed by atoms with E-state index < -0.39 is 10.0 Å². The first-order valence-electron chi connectivity index (χ1n) is 5.61.